The largest absolute Gasteiger partial charge is 0.328 e. The monoisotopic (exact) mass is 479 g/mol. The second-order valence-electron chi connectivity index (χ2n) is 8.87. The summed E-state index contributed by atoms with van der Waals surface area (Å²) in [6.07, 6.45) is 7.64. The number of benzene rings is 2. The third-order valence-electron chi connectivity index (χ3n) is 6.33. The molecule has 3 aromatic heterocycles. The Labute approximate surface area is 209 Å². The summed E-state index contributed by atoms with van der Waals surface area (Å²) >= 11 is 0. The second kappa shape index (κ2) is 10.9. The number of nitrogens with zero attached hydrogens (tertiary/aromatic N) is 6. The molecule has 5 aromatic rings. The number of unbranched alkanes of at least 4 members (excludes halogenated alkanes) is 1. The summed E-state index contributed by atoms with van der Waals surface area (Å²) in [4.78, 5) is 18.0. The molecule has 2 aromatic carbocycles. The highest BCUT2D eigenvalue weighted by Crippen LogP contribution is 2.24. The molecule has 3 heterocycles. The number of rotatable bonds is 10. The molecule has 5 rings (SSSR count). The van der Waals surface area contributed by atoms with Gasteiger partial charge in [0.05, 0.1) is 12.2 Å². The molecule has 0 saturated heterocycles. The number of tetrazole rings is 1. The summed E-state index contributed by atoms with van der Waals surface area (Å²) in [5.74, 6) is 0.551. The van der Waals surface area contributed by atoms with E-state index in [9.17, 15) is 4.79 Å². The average molecular weight is 480 g/mol. The van der Waals surface area contributed by atoms with E-state index in [1.165, 1.54) is 5.56 Å². The molecule has 0 amide bonds. The first-order valence-corrected chi connectivity index (χ1v) is 12.3. The van der Waals surface area contributed by atoms with Gasteiger partial charge in [-0.05, 0) is 59.4 Å². The summed E-state index contributed by atoms with van der Waals surface area (Å²) in [7, 11) is 0. The number of nitrogens with one attached hydrogen (secondary N) is 1. The Morgan fingerprint density at radius 2 is 1.75 bits per heavy atom. The predicted octanol–water partition coefficient (Wildman–Crippen LogP) is 4.53. The Bertz CT molecular complexity index is 1470. The van der Waals surface area contributed by atoms with Gasteiger partial charge >= 0.3 is 5.69 Å². The summed E-state index contributed by atoms with van der Waals surface area (Å²) < 4.78 is 3.72. The van der Waals surface area contributed by atoms with Crippen molar-refractivity contribution in [3.63, 3.8) is 0 Å². The first kappa shape index (κ1) is 23.4. The van der Waals surface area contributed by atoms with E-state index in [0.29, 0.717) is 18.9 Å². The smallest absolute Gasteiger partial charge is 0.299 e. The fourth-order valence-corrected chi connectivity index (χ4v) is 4.39. The molecule has 0 aliphatic carbocycles. The van der Waals surface area contributed by atoms with Crippen molar-refractivity contribution in [1.29, 1.82) is 0 Å². The number of aromatic nitrogens is 7. The number of aryl methyl sites for hydroxylation is 3. The minimum atomic E-state index is 0.0170. The van der Waals surface area contributed by atoms with Gasteiger partial charge in [-0.3, -0.25) is 14.1 Å². The van der Waals surface area contributed by atoms with Crippen LogP contribution in [0.15, 0.2) is 83.9 Å². The number of pyridine rings is 1. The maximum absolute atomic E-state index is 13.4. The van der Waals surface area contributed by atoms with Crippen LogP contribution >= 0.6 is 0 Å². The van der Waals surface area contributed by atoms with E-state index >= 15 is 0 Å². The minimum absolute atomic E-state index is 0.0170. The van der Waals surface area contributed by atoms with Gasteiger partial charge in [0, 0.05) is 30.2 Å². The SMILES string of the molecule is CCCCc1cn(CCc2ccccc2)c(=O)n1Cc1cc(-c2cccc(-c3nn[nH]n3)c2)ccn1. The van der Waals surface area contributed by atoms with Crippen LogP contribution in [0.1, 0.15) is 36.7 Å². The van der Waals surface area contributed by atoms with Gasteiger partial charge in [0.15, 0.2) is 0 Å². The minimum Gasteiger partial charge on any atom is -0.299 e. The standard InChI is InChI=1S/C28H29N7O/c1-2-3-12-26-20-34(16-14-21-8-5-4-6-9-21)28(36)35(26)19-25-18-23(13-15-29-25)22-10-7-11-24(17-22)27-30-32-33-31-27/h4-11,13,15,17-18,20H,2-3,12,14,16,19H2,1H3,(H,30,31,32,33). The molecule has 8 heteroatoms. The lowest BCUT2D eigenvalue weighted by Gasteiger charge is -2.09. The van der Waals surface area contributed by atoms with Crippen LogP contribution in [-0.4, -0.2) is 34.7 Å². The first-order valence-electron chi connectivity index (χ1n) is 12.3. The molecule has 0 aliphatic heterocycles. The second-order valence-corrected chi connectivity index (χ2v) is 8.87. The Balaban J connectivity index is 1.41. The van der Waals surface area contributed by atoms with Crippen LogP contribution < -0.4 is 5.69 Å². The zero-order chi connectivity index (χ0) is 24.7. The maximum atomic E-state index is 13.4. The normalized spacial score (nSPS) is 11.1. The van der Waals surface area contributed by atoms with E-state index in [4.69, 9.17) is 0 Å². The van der Waals surface area contributed by atoms with Crippen LogP contribution in [0.5, 0.6) is 0 Å². The van der Waals surface area contributed by atoms with Crippen molar-refractivity contribution in [1.82, 2.24) is 34.7 Å². The molecule has 1 N–H and O–H groups in total. The number of aromatic amines is 1. The molecular weight excluding hydrogens is 450 g/mol. The lowest BCUT2D eigenvalue weighted by molar-refractivity contribution is 0.621. The number of hydrogen-bond donors (Lipinski definition) is 1. The van der Waals surface area contributed by atoms with E-state index in [1.54, 1.807) is 6.20 Å². The van der Waals surface area contributed by atoms with Crippen molar-refractivity contribution in [2.75, 3.05) is 0 Å². The lowest BCUT2D eigenvalue weighted by Crippen LogP contribution is -2.26. The van der Waals surface area contributed by atoms with Gasteiger partial charge in [0.25, 0.3) is 0 Å². The Morgan fingerprint density at radius 1 is 0.917 bits per heavy atom. The van der Waals surface area contributed by atoms with Gasteiger partial charge in [0.1, 0.15) is 0 Å². The van der Waals surface area contributed by atoms with E-state index < -0.39 is 0 Å². The lowest BCUT2D eigenvalue weighted by atomic mass is 10.0. The summed E-state index contributed by atoms with van der Waals surface area (Å²) in [6.45, 7) is 3.27. The molecule has 8 nitrogen and oxygen atoms in total. The summed E-state index contributed by atoms with van der Waals surface area (Å²) in [6, 6.07) is 22.3. The van der Waals surface area contributed by atoms with Crippen molar-refractivity contribution in [3.8, 4) is 22.5 Å². The van der Waals surface area contributed by atoms with Gasteiger partial charge in [-0.2, -0.15) is 5.21 Å². The number of H-pyrrole nitrogens is 1. The van der Waals surface area contributed by atoms with Crippen LogP contribution in [0.3, 0.4) is 0 Å². The Hall–Kier alpha value is -4.33. The molecule has 0 aliphatic rings. The number of hydrogen-bond acceptors (Lipinski definition) is 5. The molecule has 0 spiro atoms. The molecule has 0 bridgehead atoms. The number of imidazole rings is 1. The third-order valence-corrected chi connectivity index (χ3v) is 6.33. The molecule has 0 saturated carbocycles. The quantitative estimate of drug-likeness (QED) is 0.318. The zero-order valence-electron chi connectivity index (χ0n) is 20.3. The van der Waals surface area contributed by atoms with Crippen LogP contribution in [0.2, 0.25) is 0 Å². The molecular formula is C28H29N7O. The molecule has 182 valence electrons. The Morgan fingerprint density at radius 3 is 2.56 bits per heavy atom. The highest BCUT2D eigenvalue weighted by atomic mass is 16.1. The van der Waals surface area contributed by atoms with E-state index in [1.807, 2.05) is 69.9 Å². The Kier molecular flexibility index (Phi) is 7.12. The highest BCUT2D eigenvalue weighted by molar-refractivity contribution is 5.70. The van der Waals surface area contributed by atoms with Crippen molar-refractivity contribution in [2.45, 2.75) is 45.7 Å². The van der Waals surface area contributed by atoms with E-state index in [2.05, 4.69) is 44.7 Å². The maximum Gasteiger partial charge on any atom is 0.328 e. The first-order chi connectivity index (χ1) is 17.7. The van der Waals surface area contributed by atoms with Crippen molar-refractivity contribution < 1.29 is 0 Å². The van der Waals surface area contributed by atoms with Gasteiger partial charge in [-0.1, -0.05) is 61.9 Å². The van der Waals surface area contributed by atoms with Gasteiger partial charge in [0.2, 0.25) is 5.82 Å². The van der Waals surface area contributed by atoms with Crippen LogP contribution in [0.4, 0.5) is 0 Å². The van der Waals surface area contributed by atoms with Crippen LogP contribution in [-0.2, 0) is 25.9 Å². The van der Waals surface area contributed by atoms with Crippen LogP contribution in [0, 0.1) is 0 Å². The average Bonchev–Trinajstić information content (AvgIpc) is 3.56. The van der Waals surface area contributed by atoms with Gasteiger partial charge < -0.3 is 0 Å². The molecule has 0 atom stereocenters. The summed E-state index contributed by atoms with van der Waals surface area (Å²) in [5, 5.41) is 14.3. The molecule has 0 unspecified atom stereocenters. The third kappa shape index (κ3) is 5.33. The summed E-state index contributed by atoms with van der Waals surface area (Å²) in [5.41, 5.74) is 6.08. The van der Waals surface area contributed by atoms with Crippen molar-refractivity contribution in [2.24, 2.45) is 0 Å². The molecule has 0 radical (unpaired) electrons. The fourth-order valence-electron chi connectivity index (χ4n) is 4.39. The van der Waals surface area contributed by atoms with Gasteiger partial charge in [-0.25, -0.2) is 4.79 Å². The highest BCUT2D eigenvalue weighted by Gasteiger charge is 2.13. The van der Waals surface area contributed by atoms with Crippen molar-refractivity contribution in [3.05, 3.63) is 107 Å². The predicted molar refractivity (Wildman–Crippen MR) is 139 cm³/mol. The van der Waals surface area contributed by atoms with Crippen molar-refractivity contribution >= 4 is 0 Å². The van der Waals surface area contributed by atoms with E-state index in [-0.39, 0.29) is 5.69 Å². The van der Waals surface area contributed by atoms with Gasteiger partial charge in [-0.15, -0.1) is 10.2 Å². The fraction of sp³-hybridized carbons (Fsp3) is 0.250. The van der Waals surface area contributed by atoms with E-state index in [0.717, 1.165) is 53.8 Å². The van der Waals surface area contributed by atoms with Crippen LogP contribution in [0.25, 0.3) is 22.5 Å². The topological polar surface area (TPSA) is 94.3 Å². The molecule has 36 heavy (non-hydrogen) atoms. The molecule has 0 fully saturated rings. The zero-order valence-corrected chi connectivity index (χ0v) is 20.3.